The predicted molar refractivity (Wildman–Crippen MR) is 29.1 cm³/mol. The number of carbonyl (C=O) groups excluding carboxylic acids is 1. The molecule has 0 unspecified atom stereocenters. The highest BCUT2D eigenvalue weighted by molar-refractivity contribution is 5.32. The third kappa shape index (κ3) is 7.26. The zero-order valence-corrected chi connectivity index (χ0v) is 5.09. The standard InChI is InChI=1S/C4H8N2O3/c1-8-9-4-6-2-5-3-7/h6H,2,4H2,1H3. The minimum Gasteiger partial charge on any atom is -0.272 e. The van der Waals surface area contributed by atoms with Gasteiger partial charge in [-0.1, -0.05) is 0 Å². The summed E-state index contributed by atoms with van der Waals surface area (Å²) in [4.78, 5) is 21.2. The molecule has 0 heterocycles. The predicted octanol–water partition coefficient (Wildman–Crippen LogP) is -0.595. The molecule has 0 aromatic heterocycles. The minimum absolute atomic E-state index is 0.201. The van der Waals surface area contributed by atoms with Crippen molar-refractivity contribution in [1.29, 1.82) is 0 Å². The van der Waals surface area contributed by atoms with Crippen LogP contribution in [0.15, 0.2) is 4.99 Å². The Hall–Kier alpha value is -0.740. The molecule has 0 bridgehead atoms. The average Bonchev–Trinajstić information content (AvgIpc) is 1.89. The zero-order valence-electron chi connectivity index (χ0n) is 5.09. The number of hydrogen-bond acceptors (Lipinski definition) is 5. The Morgan fingerprint density at radius 2 is 2.56 bits per heavy atom. The van der Waals surface area contributed by atoms with Crippen LogP contribution in [-0.4, -0.2) is 26.6 Å². The highest BCUT2D eigenvalue weighted by Gasteiger charge is 1.79. The van der Waals surface area contributed by atoms with Gasteiger partial charge in [-0.3, -0.25) is 5.32 Å². The Balaban J connectivity index is 2.82. The van der Waals surface area contributed by atoms with Gasteiger partial charge in [0.25, 0.3) is 0 Å². The third-order valence-corrected chi connectivity index (χ3v) is 0.534. The van der Waals surface area contributed by atoms with Gasteiger partial charge in [0.1, 0.15) is 13.4 Å². The summed E-state index contributed by atoms with van der Waals surface area (Å²) >= 11 is 0. The van der Waals surface area contributed by atoms with Crippen LogP contribution < -0.4 is 5.32 Å². The first-order chi connectivity index (χ1) is 4.41. The van der Waals surface area contributed by atoms with Crippen LogP contribution in [0, 0.1) is 0 Å². The van der Waals surface area contributed by atoms with Crippen LogP contribution in [-0.2, 0) is 14.6 Å². The highest BCUT2D eigenvalue weighted by atomic mass is 17.2. The van der Waals surface area contributed by atoms with Crippen molar-refractivity contribution < 1.29 is 14.6 Å². The maximum Gasteiger partial charge on any atom is 0.236 e. The summed E-state index contributed by atoms with van der Waals surface area (Å²) in [5.74, 6) is 0. The van der Waals surface area contributed by atoms with E-state index in [2.05, 4.69) is 20.1 Å². The second-order valence-corrected chi connectivity index (χ2v) is 1.09. The summed E-state index contributed by atoms with van der Waals surface area (Å²) in [7, 11) is 1.39. The van der Waals surface area contributed by atoms with Gasteiger partial charge in [-0.05, 0) is 0 Å². The Morgan fingerprint density at radius 1 is 1.78 bits per heavy atom. The lowest BCUT2D eigenvalue weighted by Gasteiger charge is -1.96. The van der Waals surface area contributed by atoms with E-state index in [1.54, 1.807) is 0 Å². The van der Waals surface area contributed by atoms with Gasteiger partial charge < -0.3 is 0 Å². The van der Waals surface area contributed by atoms with E-state index in [1.807, 2.05) is 0 Å². The maximum absolute atomic E-state index is 9.43. The van der Waals surface area contributed by atoms with E-state index >= 15 is 0 Å². The molecule has 0 aliphatic heterocycles. The summed E-state index contributed by atoms with van der Waals surface area (Å²) in [5, 5.41) is 2.61. The van der Waals surface area contributed by atoms with Gasteiger partial charge in [-0.2, -0.15) is 4.99 Å². The quantitative estimate of drug-likeness (QED) is 0.135. The van der Waals surface area contributed by atoms with Crippen molar-refractivity contribution in [2.45, 2.75) is 0 Å². The molecule has 0 rings (SSSR count). The van der Waals surface area contributed by atoms with Gasteiger partial charge >= 0.3 is 0 Å². The van der Waals surface area contributed by atoms with E-state index in [1.165, 1.54) is 13.2 Å². The molecule has 52 valence electrons. The fourth-order valence-electron chi connectivity index (χ4n) is 0.234. The molecule has 0 aliphatic rings. The van der Waals surface area contributed by atoms with E-state index in [9.17, 15) is 4.79 Å². The van der Waals surface area contributed by atoms with Gasteiger partial charge in [0.15, 0.2) is 0 Å². The van der Waals surface area contributed by atoms with E-state index in [-0.39, 0.29) is 13.4 Å². The number of rotatable bonds is 5. The highest BCUT2D eigenvalue weighted by Crippen LogP contribution is 1.66. The van der Waals surface area contributed by atoms with Crippen molar-refractivity contribution in [3.63, 3.8) is 0 Å². The molecule has 0 saturated heterocycles. The van der Waals surface area contributed by atoms with E-state index in [0.717, 1.165) is 0 Å². The number of nitrogens with one attached hydrogen (secondary N) is 1. The van der Waals surface area contributed by atoms with Crippen LogP contribution in [0.5, 0.6) is 0 Å². The Kier molecular flexibility index (Phi) is 6.66. The summed E-state index contributed by atoms with van der Waals surface area (Å²) in [6.07, 6.45) is 1.36. The molecule has 0 fully saturated rings. The first kappa shape index (κ1) is 8.26. The first-order valence-corrected chi connectivity index (χ1v) is 2.31. The monoisotopic (exact) mass is 132 g/mol. The Morgan fingerprint density at radius 3 is 3.11 bits per heavy atom. The molecule has 5 heteroatoms. The molecular formula is C4H8N2O3. The van der Waals surface area contributed by atoms with Crippen molar-refractivity contribution in [3.05, 3.63) is 0 Å². The number of isocyanates is 1. The Labute approximate surface area is 52.6 Å². The average molecular weight is 132 g/mol. The van der Waals surface area contributed by atoms with Crippen molar-refractivity contribution in [2.24, 2.45) is 4.99 Å². The normalized spacial score (nSPS) is 8.56. The smallest absolute Gasteiger partial charge is 0.236 e. The van der Waals surface area contributed by atoms with Crippen LogP contribution >= 0.6 is 0 Å². The molecule has 9 heavy (non-hydrogen) atoms. The SMILES string of the molecule is COOCNCN=C=O. The fourth-order valence-corrected chi connectivity index (χ4v) is 0.234. The van der Waals surface area contributed by atoms with Gasteiger partial charge in [-0.25, -0.2) is 14.6 Å². The molecule has 0 radical (unpaired) electrons. The van der Waals surface area contributed by atoms with Gasteiger partial charge in [0.05, 0.1) is 7.11 Å². The van der Waals surface area contributed by atoms with Crippen molar-refractivity contribution >= 4 is 6.08 Å². The summed E-state index contributed by atoms with van der Waals surface area (Å²) in [5.41, 5.74) is 0. The molecule has 0 aliphatic carbocycles. The summed E-state index contributed by atoms with van der Waals surface area (Å²) < 4.78 is 0. The minimum atomic E-state index is 0.201. The molecule has 5 nitrogen and oxygen atoms in total. The lowest BCUT2D eigenvalue weighted by molar-refractivity contribution is -0.276. The molecule has 0 atom stereocenters. The molecule has 0 saturated carbocycles. The summed E-state index contributed by atoms with van der Waals surface area (Å²) in [6.45, 7) is 0.411. The topological polar surface area (TPSA) is 59.9 Å². The first-order valence-electron chi connectivity index (χ1n) is 2.31. The van der Waals surface area contributed by atoms with Gasteiger partial charge in [0.2, 0.25) is 6.08 Å². The fraction of sp³-hybridized carbons (Fsp3) is 0.750. The van der Waals surface area contributed by atoms with Gasteiger partial charge in [-0.15, -0.1) is 0 Å². The number of aliphatic imine (C=N–C) groups is 1. The molecule has 1 N–H and O–H groups in total. The van der Waals surface area contributed by atoms with Crippen LogP contribution in [0.25, 0.3) is 0 Å². The molecule has 0 aromatic rings. The Bertz CT molecular complexity index is 100.0. The van der Waals surface area contributed by atoms with E-state index in [4.69, 9.17) is 0 Å². The van der Waals surface area contributed by atoms with E-state index in [0.29, 0.717) is 0 Å². The van der Waals surface area contributed by atoms with Crippen LogP contribution in [0.1, 0.15) is 0 Å². The van der Waals surface area contributed by atoms with Crippen molar-refractivity contribution in [3.8, 4) is 0 Å². The van der Waals surface area contributed by atoms with E-state index < -0.39 is 0 Å². The number of hydrogen-bond donors (Lipinski definition) is 1. The maximum atomic E-state index is 9.43. The lowest BCUT2D eigenvalue weighted by Crippen LogP contribution is -2.17. The van der Waals surface area contributed by atoms with Gasteiger partial charge in [0, 0.05) is 0 Å². The van der Waals surface area contributed by atoms with Crippen LogP contribution in [0.2, 0.25) is 0 Å². The van der Waals surface area contributed by atoms with Crippen molar-refractivity contribution in [2.75, 3.05) is 20.5 Å². The largest absolute Gasteiger partial charge is 0.272 e. The van der Waals surface area contributed by atoms with Crippen molar-refractivity contribution in [1.82, 2.24) is 5.32 Å². The molecule has 0 aromatic carbocycles. The second kappa shape index (κ2) is 7.26. The molecular weight excluding hydrogens is 124 g/mol. The lowest BCUT2D eigenvalue weighted by atomic mass is 11.0. The van der Waals surface area contributed by atoms with Crippen LogP contribution in [0.3, 0.4) is 0 Å². The zero-order chi connectivity index (χ0) is 6.95. The third-order valence-electron chi connectivity index (χ3n) is 0.534. The van der Waals surface area contributed by atoms with Crippen LogP contribution in [0.4, 0.5) is 0 Å². The molecule has 0 amide bonds. The number of nitrogens with zero attached hydrogens (tertiary/aromatic N) is 1. The second-order valence-electron chi connectivity index (χ2n) is 1.09. The molecule has 0 spiro atoms. The summed E-state index contributed by atoms with van der Waals surface area (Å²) in [6, 6.07) is 0.